The maximum absolute atomic E-state index is 11.5. The quantitative estimate of drug-likeness (QED) is 0.652. The summed E-state index contributed by atoms with van der Waals surface area (Å²) in [5, 5.41) is 0. The Balaban J connectivity index is 3.69. The summed E-state index contributed by atoms with van der Waals surface area (Å²) >= 11 is 0. The highest BCUT2D eigenvalue weighted by molar-refractivity contribution is 7.90. The van der Waals surface area contributed by atoms with E-state index in [0.29, 0.717) is 26.4 Å². The van der Waals surface area contributed by atoms with E-state index < -0.39 is 14.8 Å². The molecule has 15 heavy (non-hydrogen) atoms. The zero-order chi connectivity index (χ0) is 11.9. The van der Waals surface area contributed by atoms with Gasteiger partial charge in [0.1, 0.15) is 0 Å². The van der Waals surface area contributed by atoms with E-state index in [-0.39, 0.29) is 0 Å². The summed E-state index contributed by atoms with van der Waals surface area (Å²) in [6.07, 6.45) is 0. The Bertz CT molecular complexity index is 256. The molecule has 0 saturated heterocycles. The Morgan fingerprint density at radius 3 is 2.20 bits per heavy atom. The lowest BCUT2D eigenvalue weighted by Crippen LogP contribution is -2.40. The zero-order valence-corrected chi connectivity index (χ0v) is 10.7. The summed E-state index contributed by atoms with van der Waals surface area (Å²) in [6, 6.07) is 0. The highest BCUT2D eigenvalue weighted by Crippen LogP contribution is 2.12. The molecule has 0 aliphatic carbocycles. The summed E-state index contributed by atoms with van der Waals surface area (Å²) in [4.78, 5) is 0. The molecule has 1 N–H and O–H groups in total. The van der Waals surface area contributed by atoms with E-state index >= 15 is 0 Å². The fourth-order valence-electron chi connectivity index (χ4n) is 0.709. The van der Waals surface area contributed by atoms with Crippen LogP contribution in [0, 0.1) is 0 Å². The highest BCUT2D eigenvalue weighted by Gasteiger charge is 2.27. The molecule has 0 atom stereocenters. The molecule has 6 heteroatoms. The van der Waals surface area contributed by atoms with Crippen molar-refractivity contribution < 1.29 is 17.9 Å². The van der Waals surface area contributed by atoms with Gasteiger partial charge in [0, 0.05) is 13.7 Å². The fraction of sp³-hybridized carbons (Fsp3) is 1.00. The first-order chi connectivity index (χ1) is 6.81. The number of rotatable bonds is 7. The van der Waals surface area contributed by atoms with Crippen LogP contribution in [0.1, 0.15) is 20.8 Å². The number of hydrogen-bond donors (Lipinski definition) is 1. The third-order valence-corrected chi connectivity index (χ3v) is 3.97. The van der Waals surface area contributed by atoms with Crippen LogP contribution in [0.25, 0.3) is 0 Å². The van der Waals surface area contributed by atoms with Crippen molar-refractivity contribution in [3.63, 3.8) is 0 Å². The van der Waals surface area contributed by atoms with Crippen LogP contribution in [-0.2, 0) is 19.5 Å². The van der Waals surface area contributed by atoms with E-state index in [0.717, 1.165) is 0 Å². The summed E-state index contributed by atoms with van der Waals surface area (Å²) < 4.78 is 34.7. The lowest BCUT2D eigenvalue weighted by molar-refractivity contribution is 0.0736. The first-order valence-corrected chi connectivity index (χ1v) is 6.35. The molecule has 0 bridgehead atoms. The minimum Gasteiger partial charge on any atom is -0.382 e. The van der Waals surface area contributed by atoms with Crippen molar-refractivity contribution in [2.75, 3.05) is 33.5 Å². The molecular weight excluding hydrogens is 218 g/mol. The van der Waals surface area contributed by atoms with Gasteiger partial charge in [-0.2, -0.15) is 0 Å². The van der Waals surface area contributed by atoms with Gasteiger partial charge < -0.3 is 9.47 Å². The van der Waals surface area contributed by atoms with E-state index in [1.54, 1.807) is 27.9 Å². The third-order valence-electron chi connectivity index (χ3n) is 1.78. The van der Waals surface area contributed by atoms with Crippen molar-refractivity contribution in [3.05, 3.63) is 0 Å². The second-order valence-electron chi connectivity index (χ2n) is 4.12. The monoisotopic (exact) mass is 239 g/mol. The second kappa shape index (κ2) is 6.42. The van der Waals surface area contributed by atoms with Crippen molar-refractivity contribution in [1.82, 2.24) is 4.72 Å². The Morgan fingerprint density at radius 1 is 1.13 bits per heavy atom. The molecule has 0 aliphatic rings. The molecule has 5 nitrogen and oxygen atoms in total. The predicted molar refractivity (Wildman–Crippen MR) is 59.4 cm³/mol. The van der Waals surface area contributed by atoms with Gasteiger partial charge in [-0.15, -0.1) is 0 Å². The molecule has 0 spiro atoms. The van der Waals surface area contributed by atoms with Gasteiger partial charge in [0.2, 0.25) is 10.0 Å². The average molecular weight is 239 g/mol. The Hall–Kier alpha value is -0.170. The van der Waals surface area contributed by atoms with Gasteiger partial charge in [-0.25, -0.2) is 13.1 Å². The molecule has 0 fully saturated rings. The van der Waals surface area contributed by atoms with Gasteiger partial charge in [-0.05, 0) is 20.8 Å². The van der Waals surface area contributed by atoms with Crippen molar-refractivity contribution in [2.24, 2.45) is 0 Å². The van der Waals surface area contributed by atoms with E-state index in [2.05, 4.69) is 4.72 Å². The maximum Gasteiger partial charge on any atom is 0.216 e. The molecule has 0 aromatic carbocycles. The molecule has 0 radical (unpaired) electrons. The van der Waals surface area contributed by atoms with Crippen molar-refractivity contribution >= 4 is 10.0 Å². The van der Waals surface area contributed by atoms with Gasteiger partial charge in [-0.3, -0.25) is 0 Å². The van der Waals surface area contributed by atoms with Gasteiger partial charge >= 0.3 is 0 Å². The predicted octanol–water partition coefficient (Wildman–Crippen LogP) is 0.367. The average Bonchev–Trinajstić information content (AvgIpc) is 2.09. The molecule has 0 aromatic rings. The number of sulfonamides is 1. The lowest BCUT2D eigenvalue weighted by Gasteiger charge is -2.19. The van der Waals surface area contributed by atoms with E-state index in [1.165, 1.54) is 0 Å². The van der Waals surface area contributed by atoms with Crippen LogP contribution in [0.4, 0.5) is 0 Å². The van der Waals surface area contributed by atoms with Crippen LogP contribution in [0.5, 0.6) is 0 Å². The van der Waals surface area contributed by atoms with Crippen LogP contribution >= 0.6 is 0 Å². The SMILES string of the molecule is COCCOCCNS(=O)(=O)C(C)(C)C. The van der Waals surface area contributed by atoms with Gasteiger partial charge in [0.25, 0.3) is 0 Å². The molecule has 0 aromatic heterocycles. The van der Waals surface area contributed by atoms with Crippen LogP contribution < -0.4 is 4.72 Å². The molecule has 0 rings (SSSR count). The number of methoxy groups -OCH3 is 1. The Morgan fingerprint density at radius 2 is 1.73 bits per heavy atom. The summed E-state index contributed by atoms with van der Waals surface area (Å²) in [5.41, 5.74) is 0. The molecule has 0 saturated carbocycles. The first kappa shape index (κ1) is 14.8. The fourth-order valence-corrected chi connectivity index (χ4v) is 1.49. The van der Waals surface area contributed by atoms with Crippen molar-refractivity contribution in [1.29, 1.82) is 0 Å². The van der Waals surface area contributed by atoms with Crippen LogP contribution in [0.3, 0.4) is 0 Å². The van der Waals surface area contributed by atoms with Crippen LogP contribution in [0.2, 0.25) is 0 Å². The van der Waals surface area contributed by atoms with Crippen LogP contribution in [0.15, 0.2) is 0 Å². The van der Waals surface area contributed by atoms with E-state index in [1.807, 2.05) is 0 Å². The molecule has 0 amide bonds. The normalized spacial score (nSPS) is 13.1. The summed E-state index contributed by atoms with van der Waals surface area (Å²) in [7, 11) is -1.66. The summed E-state index contributed by atoms with van der Waals surface area (Å²) in [5.74, 6) is 0. The van der Waals surface area contributed by atoms with E-state index in [4.69, 9.17) is 9.47 Å². The van der Waals surface area contributed by atoms with Gasteiger partial charge in [-0.1, -0.05) is 0 Å². The zero-order valence-electron chi connectivity index (χ0n) is 9.87. The molecule has 0 heterocycles. The van der Waals surface area contributed by atoms with Crippen molar-refractivity contribution in [3.8, 4) is 0 Å². The summed E-state index contributed by atoms with van der Waals surface area (Å²) in [6.45, 7) is 6.62. The topological polar surface area (TPSA) is 64.6 Å². The van der Waals surface area contributed by atoms with E-state index in [9.17, 15) is 8.42 Å². The standard InChI is InChI=1S/C9H21NO4S/c1-9(2,3)15(11,12)10-5-6-14-8-7-13-4/h10H,5-8H2,1-4H3. The molecular formula is C9H21NO4S. The minimum absolute atomic E-state index is 0.295. The molecule has 92 valence electrons. The van der Waals surface area contributed by atoms with Crippen molar-refractivity contribution in [2.45, 2.75) is 25.5 Å². The highest BCUT2D eigenvalue weighted by atomic mass is 32.2. The smallest absolute Gasteiger partial charge is 0.216 e. The number of ether oxygens (including phenoxy) is 2. The Labute approximate surface area is 92.2 Å². The Kier molecular flexibility index (Phi) is 6.35. The van der Waals surface area contributed by atoms with Gasteiger partial charge in [0.15, 0.2) is 0 Å². The molecule has 0 unspecified atom stereocenters. The maximum atomic E-state index is 11.5. The number of nitrogens with one attached hydrogen (secondary N) is 1. The third kappa shape index (κ3) is 6.09. The minimum atomic E-state index is -3.25. The number of hydrogen-bond acceptors (Lipinski definition) is 4. The van der Waals surface area contributed by atoms with Gasteiger partial charge in [0.05, 0.1) is 24.6 Å². The largest absolute Gasteiger partial charge is 0.382 e. The van der Waals surface area contributed by atoms with Crippen LogP contribution in [-0.4, -0.2) is 46.6 Å². The molecule has 0 aliphatic heterocycles. The first-order valence-electron chi connectivity index (χ1n) is 4.87. The second-order valence-corrected chi connectivity index (χ2v) is 6.64. The lowest BCUT2D eigenvalue weighted by atomic mass is 10.3.